The van der Waals surface area contributed by atoms with Crippen LogP contribution in [0.2, 0.25) is 0 Å². The van der Waals surface area contributed by atoms with Crippen molar-refractivity contribution < 1.29 is 9.53 Å². The summed E-state index contributed by atoms with van der Waals surface area (Å²) in [4.78, 5) is 25.2. The number of rotatable bonds is 6. The van der Waals surface area contributed by atoms with Crippen molar-refractivity contribution >= 4 is 22.6 Å². The number of anilines is 1. The number of carbonyl (C=O) groups is 1. The molecule has 1 amide bonds. The lowest BCUT2D eigenvalue weighted by Crippen LogP contribution is -2.47. The molecule has 2 aromatic heterocycles. The van der Waals surface area contributed by atoms with Crippen LogP contribution in [0.3, 0.4) is 0 Å². The average molecular weight is 470 g/mol. The van der Waals surface area contributed by atoms with Gasteiger partial charge >= 0.3 is 0 Å². The van der Waals surface area contributed by atoms with Gasteiger partial charge in [-0.25, -0.2) is 4.98 Å². The molecule has 2 aromatic rings. The van der Waals surface area contributed by atoms with Gasteiger partial charge in [-0.1, -0.05) is 12.8 Å². The summed E-state index contributed by atoms with van der Waals surface area (Å²) < 4.78 is 7.24. The van der Waals surface area contributed by atoms with E-state index in [1.165, 1.54) is 25.7 Å². The maximum atomic E-state index is 13.1. The minimum atomic E-state index is -0.104. The largest absolute Gasteiger partial charge is 0.379 e. The van der Waals surface area contributed by atoms with Gasteiger partial charge in [0.1, 0.15) is 5.52 Å². The van der Waals surface area contributed by atoms with Crippen molar-refractivity contribution in [2.45, 2.75) is 44.6 Å². The van der Waals surface area contributed by atoms with E-state index in [2.05, 4.69) is 31.2 Å². The Morgan fingerprint density at radius 1 is 1.00 bits per heavy atom. The van der Waals surface area contributed by atoms with Crippen LogP contribution in [0.15, 0.2) is 12.3 Å². The number of likely N-dealkylation sites (tertiary alicyclic amines) is 1. The molecule has 0 saturated carbocycles. The number of hydrogen-bond donors (Lipinski definition) is 1. The number of aromatic nitrogens is 3. The number of hydrogen-bond acceptors (Lipinski definition) is 7. The zero-order chi connectivity index (χ0) is 23.3. The van der Waals surface area contributed by atoms with E-state index < -0.39 is 0 Å². The molecule has 5 rings (SSSR count). The van der Waals surface area contributed by atoms with E-state index in [-0.39, 0.29) is 11.9 Å². The summed E-state index contributed by atoms with van der Waals surface area (Å²) in [6, 6.07) is 2.34. The zero-order valence-electron chi connectivity index (χ0n) is 20.5. The summed E-state index contributed by atoms with van der Waals surface area (Å²) in [5.74, 6) is -0.104. The SMILES string of the molecule is Cn1nc(C(=O)NC2CCN(CCN3CCOCC3)CC2)c2ncc(N3CCCCCC3)cc21. The number of nitrogens with one attached hydrogen (secondary N) is 1. The predicted octanol–water partition coefficient (Wildman–Crippen LogP) is 1.88. The lowest BCUT2D eigenvalue weighted by atomic mass is 10.0. The predicted molar refractivity (Wildman–Crippen MR) is 133 cm³/mol. The van der Waals surface area contributed by atoms with Gasteiger partial charge in [0.25, 0.3) is 5.91 Å². The van der Waals surface area contributed by atoms with Gasteiger partial charge in [0, 0.05) is 65.4 Å². The first kappa shape index (κ1) is 23.5. The molecule has 3 aliphatic heterocycles. The number of amides is 1. The van der Waals surface area contributed by atoms with Crippen molar-refractivity contribution in [1.82, 2.24) is 29.9 Å². The van der Waals surface area contributed by atoms with Crippen LogP contribution in [0.1, 0.15) is 49.0 Å². The van der Waals surface area contributed by atoms with Crippen molar-refractivity contribution in [2.75, 3.05) is 70.5 Å². The lowest BCUT2D eigenvalue weighted by Gasteiger charge is -2.34. The van der Waals surface area contributed by atoms with Gasteiger partial charge < -0.3 is 19.9 Å². The summed E-state index contributed by atoms with van der Waals surface area (Å²) >= 11 is 0. The highest BCUT2D eigenvalue weighted by molar-refractivity contribution is 6.03. The van der Waals surface area contributed by atoms with E-state index in [0.717, 1.165) is 89.6 Å². The molecule has 9 nitrogen and oxygen atoms in total. The second-order valence-corrected chi connectivity index (χ2v) is 9.98. The normalized spacial score (nSPS) is 21.6. The van der Waals surface area contributed by atoms with Crippen LogP contribution in [0.25, 0.3) is 11.0 Å². The van der Waals surface area contributed by atoms with Gasteiger partial charge in [-0.05, 0) is 31.7 Å². The molecular weight excluding hydrogens is 430 g/mol. The quantitative estimate of drug-likeness (QED) is 0.692. The third-order valence-corrected chi connectivity index (χ3v) is 7.62. The number of morpholine rings is 1. The Morgan fingerprint density at radius 2 is 1.68 bits per heavy atom. The van der Waals surface area contributed by atoms with Crippen molar-refractivity contribution in [3.8, 4) is 0 Å². The van der Waals surface area contributed by atoms with Gasteiger partial charge in [0.05, 0.1) is 30.6 Å². The topological polar surface area (TPSA) is 78.8 Å². The summed E-state index contributed by atoms with van der Waals surface area (Å²) in [6.45, 7) is 10.2. The number of carbonyl (C=O) groups excluding carboxylic acids is 1. The number of piperidine rings is 1. The van der Waals surface area contributed by atoms with Crippen molar-refractivity contribution in [3.63, 3.8) is 0 Å². The molecule has 3 aliphatic rings. The molecule has 5 heterocycles. The first-order valence-electron chi connectivity index (χ1n) is 13.1. The third kappa shape index (κ3) is 5.53. The van der Waals surface area contributed by atoms with Gasteiger partial charge in [-0.15, -0.1) is 0 Å². The lowest BCUT2D eigenvalue weighted by molar-refractivity contribution is 0.0318. The smallest absolute Gasteiger partial charge is 0.274 e. The molecule has 0 bridgehead atoms. The van der Waals surface area contributed by atoms with E-state index in [1.807, 2.05) is 13.2 Å². The van der Waals surface area contributed by atoms with E-state index in [9.17, 15) is 4.79 Å². The van der Waals surface area contributed by atoms with Crippen LogP contribution in [-0.2, 0) is 11.8 Å². The summed E-state index contributed by atoms with van der Waals surface area (Å²) in [6.07, 6.45) is 8.92. The number of ether oxygens (including phenoxy) is 1. The number of nitrogens with zero attached hydrogens (tertiary/aromatic N) is 6. The minimum absolute atomic E-state index is 0.104. The molecule has 0 spiro atoms. The van der Waals surface area contributed by atoms with E-state index in [0.29, 0.717) is 11.2 Å². The van der Waals surface area contributed by atoms with Gasteiger partial charge in [-0.3, -0.25) is 14.4 Å². The Balaban J connectivity index is 1.16. The second kappa shape index (κ2) is 11.0. The van der Waals surface area contributed by atoms with E-state index in [1.54, 1.807) is 4.68 Å². The molecule has 3 saturated heterocycles. The van der Waals surface area contributed by atoms with Gasteiger partial charge in [-0.2, -0.15) is 5.10 Å². The highest BCUT2D eigenvalue weighted by Crippen LogP contribution is 2.24. The van der Waals surface area contributed by atoms with Crippen LogP contribution < -0.4 is 10.2 Å². The van der Waals surface area contributed by atoms with Crippen LogP contribution in [0, 0.1) is 0 Å². The van der Waals surface area contributed by atoms with E-state index in [4.69, 9.17) is 9.72 Å². The number of pyridine rings is 1. The molecule has 3 fully saturated rings. The first-order valence-corrected chi connectivity index (χ1v) is 13.1. The van der Waals surface area contributed by atoms with Crippen LogP contribution in [-0.4, -0.2) is 102 Å². The molecule has 0 atom stereocenters. The average Bonchev–Trinajstić information content (AvgIpc) is 3.03. The Labute approximate surface area is 202 Å². The summed E-state index contributed by atoms with van der Waals surface area (Å²) in [5, 5.41) is 7.79. The molecule has 0 aliphatic carbocycles. The second-order valence-electron chi connectivity index (χ2n) is 9.98. The monoisotopic (exact) mass is 469 g/mol. The standard InChI is InChI=1S/C25H39N7O2/c1-29-22-18-21(32-8-4-2-3-5-9-32)19-26-23(22)24(28-29)25(33)27-20-6-10-30(11-7-20)12-13-31-14-16-34-17-15-31/h18-20H,2-17H2,1H3,(H,27,33). The highest BCUT2D eigenvalue weighted by Gasteiger charge is 2.25. The number of aryl methyl sites for hydroxylation is 1. The Hall–Kier alpha value is -2.23. The Morgan fingerprint density at radius 3 is 2.38 bits per heavy atom. The third-order valence-electron chi connectivity index (χ3n) is 7.62. The van der Waals surface area contributed by atoms with Crippen LogP contribution in [0.4, 0.5) is 5.69 Å². The fourth-order valence-corrected chi connectivity index (χ4v) is 5.44. The highest BCUT2D eigenvalue weighted by atomic mass is 16.5. The zero-order valence-corrected chi connectivity index (χ0v) is 20.5. The molecule has 186 valence electrons. The van der Waals surface area contributed by atoms with Gasteiger partial charge in [0.15, 0.2) is 5.69 Å². The van der Waals surface area contributed by atoms with Crippen molar-refractivity contribution in [3.05, 3.63) is 18.0 Å². The van der Waals surface area contributed by atoms with E-state index >= 15 is 0 Å². The molecule has 34 heavy (non-hydrogen) atoms. The molecule has 0 aromatic carbocycles. The molecule has 0 unspecified atom stereocenters. The van der Waals surface area contributed by atoms with Gasteiger partial charge in [0.2, 0.25) is 0 Å². The minimum Gasteiger partial charge on any atom is -0.379 e. The first-order chi connectivity index (χ1) is 16.7. The van der Waals surface area contributed by atoms with Crippen molar-refractivity contribution in [2.24, 2.45) is 7.05 Å². The van der Waals surface area contributed by atoms with Crippen LogP contribution in [0.5, 0.6) is 0 Å². The maximum Gasteiger partial charge on any atom is 0.274 e. The van der Waals surface area contributed by atoms with Crippen molar-refractivity contribution in [1.29, 1.82) is 0 Å². The fraction of sp³-hybridized carbons (Fsp3) is 0.720. The summed E-state index contributed by atoms with van der Waals surface area (Å²) in [5.41, 5.74) is 3.19. The molecular formula is C25H39N7O2. The summed E-state index contributed by atoms with van der Waals surface area (Å²) in [7, 11) is 1.90. The molecule has 9 heteroatoms. The fourth-order valence-electron chi connectivity index (χ4n) is 5.44. The maximum absolute atomic E-state index is 13.1. The molecule has 1 N–H and O–H groups in total. The Bertz CT molecular complexity index is 956. The Kier molecular flexibility index (Phi) is 7.61. The number of fused-ring (bicyclic) bond motifs is 1. The van der Waals surface area contributed by atoms with Crippen LogP contribution >= 0.6 is 0 Å². The molecule has 0 radical (unpaired) electrons.